The van der Waals surface area contributed by atoms with Crippen LogP contribution in [0, 0.1) is 0 Å². The molecule has 0 aromatic carbocycles. The molecule has 3 heteroatoms. The maximum absolute atomic E-state index is 5.55. The first-order valence-corrected chi connectivity index (χ1v) is 5.76. The van der Waals surface area contributed by atoms with E-state index in [4.69, 9.17) is 4.74 Å². The van der Waals surface area contributed by atoms with Crippen molar-refractivity contribution in [2.45, 2.75) is 38.9 Å². The first kappa shape index (κ1) is 10.4. The Labute approximate surface area is 87.0 Å². The van der Waals surface area contributed by atoms with Crippen LogP contribution in [0.3, 0.4) is 0 Å². The molecule has 82 valence electrons. The molecule has 2 atom stereocenters. The molecule has 0 aromatic heterocycles. The lowest BCUT2D eigenvalue weighted by atomic mass is 10.0. The first-order valence-electron chi connectivity index (χ1n) is 5.76. The molecule has 0 unspecified atom stereocenters. The molecule has 0 N–H and O–H groups in total. The van der Waals surface area contributed by atoms with E-state index < -0.39 is 0 Å². The summed E-state index contributed by atoms with van der Waals surface area (Å²) < 4.78 is 5.55. The number of fused-ring (bicyclic) bond motifs is 1. The molecule has 0 spiro atoms. The monoisotopic (exact) mass is 198 g/mol. The average molecular weight is 198 g/mol. The van der Waals surface area contributed by atoms with Crippen LogP contribution in [-0.2, 0) is 4.74 Å². The number of morpholine rings is 1. The fraction of sp³-hybridized carbons (Fsp3) is 1.00. The van der Waals surface area contributed by atoms with Gasteiger partial charge in [-0.1, -0.05) is 0 Å². The van der Waals surface area contributed by atoms with Gasteiger partial charge in [-0.2, -0.15) is 0 Å². The number of ether oxygens (including phenoxy) is 1. The normalized spacial score (nSPS) is 36.0. The topological polar surface area (TPSA) is 15.7 Å². The summed E-state index contributed by atoms with van der Waals surface area (Å²) in [7, 11) is 0. The maximum Gasteiger partial charge on any atom is 0.0635 e. The maximum atomic E-state index is 5.55. The lowest BCUT2D eigenvalue weighted by Crippen LogP contribution is -2.62. The zero-order chi connectivity index (χ0) is 10.1. The third kappa shape index (κ3) is 1.95. The molecule has 0 bridgehead atoms. The van der Waals surface area contributed by atoms with Crippen LogP contribution >= 0.6 is 0 Å². The molecule has 0 aliphatic carbocycles. The molecule has 2 aliphatic heterocycles. The largest absolute Gasteiger partial charge is 0.378 e. The van der Waals surface area contributed by atoms with Crippen molar-refractivity contribution in [2.24, 2.45) is 0 Å². The fourth-order valence-corrected chi connectivity index (χ4v) is 2.62. The minimum absolute atomic E-state index is 0.634. The third-order valence-electron chi connectivity index (χ3n) is 3.51. The van der Waals surface area contributed by atoms with Gasteiger partial charge in [0, 0.05) is 37.8 Å². The van der Waals surface area contributed by atoms with Gasteiger partial charge in [0.2, 0.25) is 0 Å². The number of hydrogen-bond donors (Lipinski definition) is 0. The summed E-state index contributed by atoms with van der Waals surface area (Å²) in [6, 6.07) is 2.00. The Morgan fingerprint density at radius 1 is 1.29 bits per heavy atom. The Morgan fingerprint density at radius 2 is 2.07 bits per heavy atom. The fourth-order valence-electron chi connectivity index (χ4n) is 2.62. The molecule has 0 saturated carbocycles. The van der Waals surface area contributed by atoms with Gasteiger partial charge in [-0.05, 0) is 20.8 Å². The summed E-state index contributed by atoms with van der Waals surface area (Å²) in [6.07, 6.45) is 0. The van der Waals surface area contributed by atoms with Crippen molar-refractivity contribution in [3.8, 4) is 0 Å². The zero-order valence-corrected chi connectivity index (χ0v) is 9.57. The molecule has 0 radical (unpaired) electrons. The van der Waals surface area contributed by atoms with Gasteiger partial charge in [-0.3, -0.25) is 9.80 Å². The second-order valence-corrected chi connectivity index (χ2v) is 4.86. The van der Waals surface area contributed by atoms with Crippen LogP contribution in [0.2, 0.25) is 0 Å². The summed E-state index contributed by atoms with van der Waals surface area (Å²) in [4.78, 5) is 5.18. The highest BCUT2D eigenvalue weighted by Gasteiger charge is 2.34. The minimum atomic E-state index is 0.634. The van der Waals surface area contributed by atoms with Crippen LogP contribution < -0.4 is 0 Å². The predicted molar refractivity (Wildman–Crippen MR) is 57.5 cm³/mol. The molecule has 2 fully saturated rings. The molecule has 2 aliphatic rings. The van der Waals surface area contributed by atoms with Crippen molar-refractivity contribution in [2.75, 3.05) is 32.8 Å². The summed E-state index contributed by atoms with van der Waals surface area (Å²) in [5, 5.41) is 0. The Kier molecular flexibility index (Phi) is 3.10. The highest BCUT2D eigenvalue weighted by atomic mass is 16.5. The van der Waals surface area contributed by atoms with Gasteiger partial charge in [-0.15, -0.1) is 0 Å². The molecular weight excluding hydrogens is 176 g/mol. The number of hydrogen-bond acceptors (Lipinski definition) is 3. The van der Waals surface area contributed by atoms with Gasteiger partial charge in [0.15, 0.2) is 0 Å². The van der Waals surface area contributed by atoms with Crippen molar-refractivity contribution in [1.29, 1.82) is 0 Å². The molecule has 3 nitrogen and oxygen atoms in total. The highest BCUT2D eigenvalue weighted by molar-refractivity contribution is 4.89. The number of rotatable bonds is 1. The smallest absolute Gasteiger partial charge is 0.0635 e. The van der Waals surface area contributed by atoms with Crippen molar-refractivity contribution >= 4 is 0 Å². The van der Waals surface area contributed by atoms with Crippen LogP contribution in [0.1, 0.15) is 20.8 Å². The molecule has 2 saturated heterocycles. The minimum Gasteiger partial charge on any atom is -0.378 e. The Bertz CT molecular complexity index is 196. The lowest BCUT2D eigenvalue weighted by molar-refractivity contribution is -0.0737. The van der Waals surface area contributed by atoms with Gasteiger partial charge >= 0.3 is 0 Å². The van der Waals surface area contributed by atoms with E-state index >= 15 is 0 Å². The van der Waals surface area contributed by atoms with E-state index in [1.54, 1.807) is 0 Å². The third-order valence-corrected chi connectivity index (χ3v) is 3.51. The predicted octanol–water partition coefficient (Wildman–Crippen LogP) is 0.800. The molecule has 2 heterocycles. The Morgan fingerprint density at radius 3 is 2.79 bits per heavy atom. The van der Waals surface area contributed by atoms with Crippen LogP contribution in [-0.4, -0.2) is 60.8 Å². The summed E-state index contributed by atoms with van der Waals surface area (Å²) in [5.41, 5.74) is 0. The average Bonchev–Trinajstić information content (AvgIpc) is 2.17. The van der Waals surface area contributed by atoms with E-state index in [0.717, 1.165) is 19.8 Å². The molecule has 0 aromatic rings. The van der Waals surface area contributed by atoms with Gasteiger partial charge in [0.25, 0.3) is 0 Å². The standard InChI is InChI=1S/C11H22N2O/c1-9(2)12-6-10(3)13-4-5-14-8-11(13)7-12/h9-11H,4-8H2,1-3H3/t10-,11+/m1/s1. The van der Waals surface area contributed by atoms with Crippen LogP contribution in [0.25, 0.3) is 0 Å². The zero-order valence-electron chi connectivity index (χ0n) is 9.57. The molecular formula is C11H22N2O. The second-order valence-electron chi connectivity index (χ2n) is 4.86. The molecule has 0 amide bonds. The molecule has 14 heavy (non-hydrogen) atoms. The highest BCUT2D eigenvalue weighted by Crippen LogP contribution is 2.20. The van der Waals surface area contributed by atoms with Crippen LogP contribution in [0.4, 0.5) is 0 Å². The van der Waals surface area contributed by atoms with Crippen molar-refractivity contribution < 1.29 is 4.74 Å². The lowest BCUT2D eigenvalue weighted by Gasteiger charge is -2.48. The van der Waals surface area contributed by atoms with E-state index in [-0.39, 0.29) is 0 Å². The summed E-state index contributed by atoms with van der Waals surface area (Å²) >= 11 is 0. The van der Waals surface area contributed by atoms with Gasteiger partial charge in [0.1, 0.15) is 0 Å². The van der Waals surface area contributed by atoms with Gasteiger partial charge in [0.05, 0.1) is 13.2 Å². The van der Waals surface area contributed by atoms with E-state index in [1.165, 1.54) is 13.1 Å². The van der Waals surface area contributed by atoms with Gasteiger partial charge < -0.3 is 4.74 Å². The van der Waals surface area contributed by atoms with Gasteiger partial charge in [-0.25, -0.2) is 0 Å². The number of piperazine rings is 1. The number of nitrogens with zero attached hydrogens (tertiary/aromatic N) is 2. The van der Waals surface area contributed by atoms with E-state index in [2.05, 4.69) is 30.6 Å². The Hall–Kier alpha value is -0.120. The van der Waals surface area contributed by atoms with Crippen molar-refractivity contribution in [3.63, 3.8) is 0 Å². The SMILES string of the molecule is CC(C)N1C[C@H]2COCCN2[C@H](C)C1. The van der Waals surface area contributed by atoms with Crippen molar-refractivity contribution in [1.82, 2.24) is 9.80 Å². The summed E-state index contributed by atoms with van der Waals surface area (Å²) in [5.74, 6) is 0. The second kappa shape index (κ2) is 4.17. The first-order chi connectivity index (χ1) is 6.68. The van der Waals surface area contributed by atoms with Crippen LogP contribution in [0.15, 0.2) is 0 Å². The Balaban J connectivity index is 2.00. The van der Waals surface area contributed by atoms with E-state index in [9.17, 15) is 0 Å². The summed E-state index contributed by atoms with van der Waals surface area (Å²) in [6.45, 7) is 12.3. The van der Waals surface area contributed by atoms with E-state index in [1.807, 2.05) is 0 Å². The quantitative estimate of drug-likeness (QED) is 0.620. The van der Waals surface area contributed by atoms with Crippen molar-refractivity contribution in [3.05, 3.63) is 0 Å². The van der Waals surface area contributed by atoms with Crippen LogP contribution in [0.5, 0.6) is 0 Å². The van der Waals surface area contributed by atoms with E-state index in [0.29, 0.717) is 18.1 Å². The molecule has 2 rings (SSSR count).